The normalized spacial score (nSPS) is 18.2. The van der Waals surface area contributed by atoms with Gasteiger partial charge in [-0.2, -0.15) is 0 Å². The highest BCUT2D eigenvalue weighted by molar-refractivity contribution is 5.43. The number of hydrogen-bond acceptors (Lipinski definition) is 1. The topological polar surface area (TPSA) is 12.0 Å². The third kappa shape index (κ3) is 2.48. The van der Waals surface area contributed by atoms with E-state index in [4.69, 9.17) is 0 Å². The zero-order chi connectivity index (χ0) is 13.9. The first-order chi connectivity index (χ1) is 9.79. The molecule has 0 radical (unpaired) electrons. The molecule has 0 amide bonds. The fourth-order valence-electron chi connectivity index (χ4n) is 3.09. The fourth-order valence-corrected chi connectivity index (χ4v) is 3.09. The predicted octanol–water partition coefficient (Wildman–Crippen LogP) is 4.21. The number of halogens is 1. The Kier molecular flexibility index (Phi) is 3.83. The van der Waals surface area contributed by atoms with Gasteiger partial charge in [0, 0.05) is 12.0 Å². The van der Waals surface area contributed by atoms with Crippen LogP contribution in [0.25, 0.3) is 0 Å². The van der Waals surface area contributed by atoms with Crippen LogP contribution >= 0.6 is 0 Å². The summed E-state index contributed by atoms with van der Waals surface area (Å²) in [6, 6.07) is 15.8. The van der Waals surface area contributed by atoms with Gasteiger partial charge < -0.3 is 5.32 Å². The van der Waals surface area contributed by atoms with Gasteiger partial charge in [0.15, 0.2) is 0 Å². The second kappa shape index (κ2) is 5.76. The molecule has 0 aromatic heterocycles. The van der Waals surface area contributed by atoms with E-state index in [-0.39, 0.29) is 11.9 Å². The molecule has 0 saturated heterocycles. The lowest BCUT2D eigenvalue weighted by atomic mass is 9.71. The molecular formula is C18H20FN. The maximum Gasteiger partial charge on any atom is 0.123 e. The second-order valence-electron chi connectivity index (χ2n) is 5.50. The zero-order valence-corrected chi connectivity index (χ0v) is 11.8. The molecular weight excluding hydrogens is 249 g/mol. The van der Waals surface area contributed by atoms with Crippen LogP contribution in [0.2, 0.25) is 0 Å². The summed E-state index contributed by atoms with van der Waals surface area (Å²) in [5.41, 5.74) is 3.89. The highest BCUT2D eigenvalue weighted by atomic mass is 19.1. The van der Waals surface area contributed by atoms with E-state index >= 15 is 0 Å². The van der Waals surface area contributed by atoms with E-state index in [0.29, 0.717) is 5.92 Å². The van der Waals surface area contributed by atoms with Gasteiger partial charge in [0.2, 0.25) is 0 Å². The van der Waals surface area contributed by atoms with E-state index in [9.17, 15) is 4.39 Å². The van der Waals surface area contributed by atoms with Gasteiger partial charge in [-0.25, -0.2) is 4.39 Å². The van der Waals surface area contributed by atoms with Crippen molar-refractivity contribution in [3.8, 4) is 0 Å². The highest BCUT2D eigenvalue weighted by Gasteiger charge is 2.33. The van der Waals surface area contributed by atoms with Gasteiger partial charge >= 0.3 is 0 Å². The van der Waals surface area contributed by atoms with Crippen molar-refractivity contribution in [3.05, 3.63) is 71.0 Å². The summed E-state index contributed by atoms with van der Waals surface area (Å²) >= 11 is 0. The smallest absolute Gasteiger partial charge is 0.123 e. The van der Waals surface area contributed by atoms with Crippen molar-refractivity contribution in [1.82, 2.24) is 5.32 Å². The van der Waals surface area contributed by atoms with Crippen LogP contribution in [0, 0.1) is 5.82 Å². The fraction of sp³-hybridized carbons (Fsp3) is 0.333. The Morgan fingerprint density at radius 3 is 2.80 bits per heavy atom. The molecule has 20 heavy (non-hydrogen) atoms. The van der Waals surface area contributed by atoms with Crippen LogP contribution in [0.15, 0.2) is 48.5 Å². The molecule has 0 saturated carbocycles. The maximum atomic E-state index is 13.5. The summed E-state index contributed by atoms with van der Waals surface area (Å²) in [5.74, 6) is 0.304. The summed E-state index contributed by atoms with van der Waals surface area (Å²) < 4.78 is 13.5. The van der Waals surface area contributed by atoms with Crippen LogP contribution in [0.1, 0.15) is 42.0 Å². The molecule has 0 bridgehead atoms. The van der Waals surface area contributed by atoms with Crippen LogP contribution in [0.4, 0.5) is 4.39 Å². The summed E-state index contributed by atoms with van der Waals surface area (Å²) in [6.45, 7) is 3.12. The predicted molar refractivity (Wildman–Crippen MR) is 80.3 cm³/mol. The SMILES string of the molecule is CCCNC(c1cccc(F)c1)C1Cc2ccccc21. The molecule has 3 rings (SSSR count). The quantitative estimate of drug-likeness (QED) is 0.857. The zero-order valence-electron chi connectivity index (χ0n) is 11.8. The minimum Gasteiger partial charge on any atom is -0.309 e. The molecule has 2 aromatic carbocycles. The Balaban J connectivity index is 1.88. The standard InChI is InChI=1S/C18H20FN/c1-2-10-20-18(14-7-5-8-15(19)11-14)17-12-13-6-3-4-9-16(13)17/h3-9,11,17-18,20H,2,10,12H2,1H3. The van der Waals surface area contributed by atoms with Crippen molar-refractivity contribution < 1.29 is 4.39 Å². The molecule has 0 aliphatic heterocycles. The van der Waals surface area contributed by atoms with Crippen molar-refractivity contribution in [1.29, 1.82) is 0 Å². The van der Waals surface area contributed by atoms with E-state index in [1.807, 2.05) is 6.07 Å². The summed E-state index contributed by atoms with van der Waals surface area (Å²) in [4.78, 5) is 0. The Labute approximate surface area is 119 Å². The van der Waals surface area contributed by atoms with E-state index in [2.05, 4.69) is 36.5 Å². The van der Waals surface area contributed by atoms with Gasteiger partial charge in [-0.05, 0) is 48.2 Å². The van der Waals surface area contributed by atoms with Crippen molar-refractivity contribution in [2.75, 3.05) is 6.54 Å². The molecule has 1 aliphatic rings. The summed E-state index contributed by atoms with van der Waals surface area (Å²) in [6.07, 6.45) is 2.16. The van der Waals surface area contributed by atoms with Crippen molar-refractivity contribution in [2.24, 2.45) is 0 Å². The molecule has 1 aliphatic carbocycles. The molecule has 2 unspecified atom stereocenters. The first-order valence-corrected chi connectivity index (χ1v) is 7.36. The minimum absolute atomic E-state index is 0.154. The van der Waals surface area contributed by atoms with Gasteiger partial charge in [-0.15, -0.1) is 0 Å². The van der Waals surface area contributed by atoms with Crippen LogP contribution in [0.5, 0.6) is 0 Å². The molecule has 0 spiro atoms. The lowest BCUT2D eigenvalue weighted by Crippen LogP contribution is -2.33. The van der Waals surface area contributed by atoms with E-state index < -0.39 is 0 Å². The first-order valence-electron chi connectivity index (χ1n) is 7.36. The maximum absolute atomic E-state index is 13.5. The number of benzene rings is 2. The number of fused-ring (bicyclic) bond motifs is 1. The third-order valence-corrected chi connectivity index (χ3v) is 4.12. The molecule has 104 valence electrons. The molecule has 0 fully saturated rings. The van der Waals surface area contributed by atoms with Crippen LogP contribution in [-0.4, -0.2) is 6.54 Å². The summed E-state index contributed by atoms with van der Waals surface area (Å²) in [5, 5.41) is 3.59. The average Bonchev–Trinajstić information content (AvgIpc) is 2.44. The van der Waals surface area contributed by atoms with Crippen LogP contribution in [0.3, 0.4) is 0 Å². The number of nitrogens with one attached hydrogen (secondary N) is 1. The Morgan fingerprint density at radius 2 is 2.05 bits per heavy atom. The molecule has 1 N–H and O–H groups in total. The molecule has 1 nitrogen and oxygen atoms in total. The second-order valence-corrected chi connectivity index (χ2v) is 5.50. The van der Waals surface area contributed by atoms with E-state index in [0.717, 1.165) is 24.9 Å². The number of rotatable bonds is 5. The number of hydrogen-bond donors (Lipinski definition) is 1. The third-order valence-electron chi connectivity index (χ3n) is 4.12. The van der Waals surface area contributed by atoms with Crippen molar-refractivity contribution in [2.45, 2.75) is 31.7 Å². The average molecular weight is 269 g/mol. The summed E-state index contributed by atoms with van der Waals surface area (Å²) in [7, 11) is 0. The van der Waals surface area contributed by atoms with Gasteiger partial charge in [0.05, 0.1) is 0 Å². The van der Waals surface area contributed by atoms with Gasteiger partial charge in [-0.3, -0.25) is 0 Å². The Hall–Kier alpha value is -1.67. The van der Waals surface area contributed by atoms with Gasteiger partial charge in [0.1, 0.15) is 5.82 Å². The van der Waals surface area contributed by atoms with Gasteiger partial charge in [-0.1, -0.05) is 43.3 Å². The molecule has 2 heteroatoms. The van der Waals surface area contributed by atoms with Crippen molar-refractivity contribution in [3.63, 3.8) is 0 Å². The highest BCUT2D eigenvalue weighted by Crippen LogP contribution is 2.43. The lowest BCUT2D eigenvalue weighted by molar-refractivity contribution is 0.410. The van der Waals surface area contributed by atoms with E-state index in [1.54, 1.807) is 12.1 Å². The first kappa shape index (κ1) is 13.3. The van der Waals surface area contributed by atoms with Crippen molar-refractivity contribution >= 4 is 0 Å². The lowest BCUT2D eigenvalue weighted by Gasteiger charge is -2.37. The molecule has 2 aromatic rings. The Bertz CT molecular complexity index is 593. The molecule has 2 atom stereocenters. The largest absolute Gasteiger partial charge is 0.309 e. The van der Waals surface area contributed by atoms with E-state index in [1.165, 1.54) is 17.2 Å². The molecule has 0 heterocycles. The Morgan fingerprint density at radius 1 is 1.20 bits per heavy atom. The van der Waals surface area contributed by atoms with Gasteiger partial charge in [0.25, 0.3) is 0 Å². The van der Waals surface area contributed by atoms with Crippen LogP contribution in [-0.2, 0) is 6.42 Å². The monoisotopic (exact) mass is 269 g/mol. The minimum atomic E-state index is -0.154. The van der Waals surface area contributed by atoms with Crippen LogP contribution < -0.4 is 5.32 Å².